The number of thiophene rings is 1. The van der Waals surface area contributed by atoms with E-state index in [0.717, 1.165) is 31.5 Å². The van der Waals surface area contributed by atoms with Crippen LogP contribution in [0.2, 0.25) is 0 Å². The lowest BCUT2D eigenvalue weighted by molar-refractivity contribution is 0.0747. The van der Waals surface area contributed by atoms with Gasteiger partial charge in [-0.2, -0.15) is 0 Å². The highest BCUT2D eigenvalue weighted by Crippen LogP contribution is 2.31. The minimum absolute atomic E-state index is 0.291. The molecule has 1 aromatic rings. The number of hydrogen-bond acceptors (Lipinski definition) is 3. The van der Waals surface area contributed by atoms with Gasteiger partial charge < -0.3 is 10.2 Å². The molecule has 3 aliphatic rings. The summed E-state index contributed by atoms with van der Waals surface area (Å²) in [4.78, 5) is 16.4. The van der Waals surface area contributed by atoms with Gasteiger partial charge >= 0.3 is 0 Å². The van der Waals surface area contributed by atoms with Crippen molar-refractivity contribution >= 4 is 17.2 Å². The van der Waals surface area contributed by atoms with E-state index in [4.69, 9.17) is 0 Å². The average Bonchev–Trinajstić information content (AvgIpc) is 3.01. The summed E-state index contributed by atoms with van der Waals surface area (Å²) in [5, 5.41) is 5.77. The zero-order chi connectivity index (χ0) is 13.5. The van der Waals surface area contributed by atoms with Crippen LogP contribution in [-0.4, -0.2) is 36.0 Å². The Morgan fingerprint density at radius 3 is 3.00 bits per heavy atom. The summed E-state index contributed by atoms with van der Waals surface area (Å²) in [6.45, 7) is 1.83. The van der Waals surface area contributed by atoms with Crippen LogP contribution in [0.15, 0.2) is 5.38 Å². The maximum atomic E-state index is 12.9. The number of nitrogens with one attached hydrogen (secondary N) is 1. The number of rotatable bonds is 1. The highest BCUT2D eigenvalue weighted by Gasteiger charge is 2.32. The smallest absolute Gasteiger partial charge is 0.255 e. The molecule has 2 unspecified atom stereocenters. The second-order valence-corrected chi connectivity index (χ2v) is 7.40. The number of nitrogens with zero attached hydrogens (tertiary/aromatic N) is 1. The summed E-state index contributed by atoms with van der Waals surface area (Å²) in [5.41, 5.74) is 2.39. The lowest BCUT2D eigenvalue weighted by atomic mass is 9.95. The van der Waals surface area contributed by atoms with Crippen LogP contribution in [0.5, 0.6) is 0 Å². The van der Waals surface area contributed by atoms with Crippen LogP contribution in [0.3, 0.4) is 0 Å². The van der Waals surface area contributed by atoms with E-state index in [1.165, 1.54) is 42.5 Å². The average molecular weight is 290 g/mol. The van der Waals surface area contributed by atoms with Gasteiger partial charge in [0.2, 0.25) is 0 Å². The molecule has 3 heterocycles. The van der Waals surface area contributed by atoms with Crippen LogP contribution >= 0.6 is 11.3 Å². The molecular formula is C16H22N2OS. The van der Waals surface area contributed by atoms with Crippen LogP contribution in [0, 0.1) is 0 Å². The summed E-state index contributed by atoms with van der Waals surface area (Å²) >= 11 is 1.80. The minimum Gasteiger partial charge on any atom is -0.337 e. The zero-order valence-electron chi connectivity index (χ0n) is 11.9. The van der Waals surface area contributed by atoms with Crippen LogP contribution in [0.25, 0.3) is 0 Å². The van der Waals surface area contributed by atoms with E-state index in [-0.39, 0.29) is 0 Å². The zero-order valence-corrected chi connectivity index (χ0v) is 12.7. The second-order valence-electron chi connectivity index (χ2n) is 6.44. The molecular weight excluding hydrogens is 268 g/mol. The van der Waals surface area contributed by atoms with Crippen LogP contribution in [-0.2, 0) is 12.8 Å². The Morgan fingerprint density at radius 2 is 2.05 bits per heavy atom. The Balaban J connectivity index is 1.56. The molecule has 1 aliphatic carbocycles. The monoisotopic (exact) mass is 290 g/mol. The normalized spacial score (nSPS) is 29.1. The van der Waals surface area contributed by atoms with Gasteiger partial charge in [-0.3, -0.25) is 4.79 Å². The van der Waals surface area contributed by atoms with Crippen molar-refractivity contribution in [1.82, 2.24) is 10.2 Å². The molecule has 2 atom stereocenters. The topological polar surface area (TPSA) is 32.3 Å². The molecule has 3 nitrogen and oxygen atoms in total. The fourth-order valence-electron chi connectivity index (χ4n) is 3.97. The van der Waals surface area contributed by atoms with Crippen molar-refractivity contribution in [3.63, 3.8) is 0 Å². The lowest BCUT2D eigenvalue weighted by Crippen LogP contribution is -2.39. The number of carbonyl (C=O) groups is 1. The van der Waals surface area contributed by atoms with E-state index in [2.05, 4.69) is 15.6 Å². The number of likely N-dealkylation sites (tertiary alicyclic amines) is 1. The molecule has 0 saturated carbocycles. The number of fused-ring (bicyclic) bond motifs is 3. The van der Waals surface area contributed by atoms with E-state index >= 15 is 0 Å². The van der Waals surface area contributed by atoms with E-state index in [9.17, 15) is 4.79 Å². The maximum absolute atomic E-state index is 12.9. The summed E-state index contributed by atoms with van der Waals surface area (Å²) in [6, 6.07) is 1.18. The quantitative estimate of drug-likeness (QED) is 0.862. The first-order valence-corrected chi connectivity index (χ1v) is 8.84. The standard InChI is InChI=1S/C16H22N2OS/c19-16(14-10-20-15-4-2-1-3-13(14)15)18-8-7-11-5-6-12(9-18)17-11/h10-12,17H,1-9H2. The van der Waals surface area contributed by atoms with Crippen molar-refractivity contribution in [2.24, 2.45) is 0 Å². The van der Waals surface area contributed by atoms with Gasteiger partial charge in [0.05, 0.1) is 5.56 Å². The largest absolute Gasteiger partial charge is 0.337 e. The molecule has 4 heteroatoms. The van der Waals surface area contributed by atoms with Gasteiger partial charge in [-0.05, 0) is 50.5 Å². The SMILES string of the molecule is O=C(c1csc2c1CCCC2)N1CCC2CCC(C1)N2. The van der Waals surface area contributed by atoms with Gasteiger partial charge in [0, 0.05) is 35.4 Å². The van der Waals surface area contributed by atoms with Gasteiger partial charge in [0.25, 0.3) is 5.91 Å². The van der Waals surface area contributed by atoms with Gasteiger partial charge in [-0.25, -0.2) is 0 Å². The van der Waals surface area contributed by atoms with Crippen LogP contribution < -0.4 is 5.32 Å². The highest BCUT2D eigenvalue weighted by molar-refractivity contribution is 7.10. The summed E-state index contributed by atoms with van der Waals surface area (Å²) < 4.78 is 0. The van der Waals surface area contributed by atoms with Crippen molar-refractivity contribution in [3.8, 4) is 0 Å². The third-order valence-corrected chi connectivity index (χ3v) is 6.19. The molecule has 4 rings (SSSR count). The molecule has 2 fully saturated rings. The van der Waals surface area contributed by atoms with E-state index < -0.39 is 0 Å². The molecule has 1 aromatic heterocycles. The van der Waals surface area contributed by atoms with Gasteiger partial charge in [-0.1, -0.05) is 0 Å². The predicted molar refractivity (Wildman–Crippen MR) is 81.4 cm³/mol. The van der Waals surface area contributed by atoms with Crippen LogP contribution in [0.1, 0.15) is 52.9 Å². The summed E-state index contributed by atoms with van der Waals surface area (Å²) in [6.07, 6.45) is 8.47. The van der Waals surface area contributed by atoms with Gasteiger partial charge in [0.15, 0.2) is 0 Å². The second kappa shape index (κ2) is 5.15. The first-order valence-electron chi connectivity index (χ1n) is 7.96. The maximum Gasteiger partial charge on any atom is 0.255 e. The number of amides is 1. The molecule has 1 N–H and O–H groups in total. The molecule has 0 spiro atoms. The summed E-state index contributed by atoms with van der Waals surface area (Å²) in [7, 11) is 0. The molecule has 2 bridgehead atoms. The van der Waals surface area contributed by atoms with Crippen molar-refractivity contribution in [3.05, 3.63) is 21.4 Å². The molecule has 108 valence electrons. The van der Waals surface area contributed by atoms with Crippen molar-refractivity contribution in [2.75, 3.05) is 13.1 Å². The first-order chi connectivity index (χ1) is 9.81. The van der Waals surface area contributed by atoms with E-state index in [1.54, 1.807) is 11.3 Å². The molecule has 0 radical (unpaired) electrons. The van der Waals surface area contributed by atoms with E-state index in [1.807, 2.05) is 0 Å². The van der Waals surface area contributed by atoms with Crippen molar-refractivity contribution < 1.29 is 4.79 Å². The summed E-state index contributed by atoms with van der Waals surface area (Å²) in [5.74, 6) is 0.291. The van der Waals surface area contributed by atoms with Crippen molar-refractivity contribution in [1.29, 1.82) is 0 Å². The number of hydrogen-bond donors (Lipinski definition) is 1. The first kappa shape index (κ1) is 12.8. The Kier molecular flexibility index (Phi) is 3.31. The Morgan fingerprint density at radius 1 is 1.20 bits per heavy atom. The lowest BCUT2D eigenvalue weighted by Gasteiger charge is -2.25. The number of aryl methyl sites for hydroxylation is 1. The molecule has 2 saturated heterocycles. The van der Waals surface area contributed by atoms with Crippen LogP contribution in [0.4, 0.5) is 0 Å². The van der Waals surface area contributed by atoms with Gasteiger partial charge in [-0.15, -0.1) is 11.3 Å². The third-order valence-electron chi connectivity index (χ3n) is 5.10. The third kappa shape index (κ3) is 2.19. The fourth-order valence-corrected chi connectivity index (χ4v) is 5.09. The Labute approximate surface area is 124 Å². The molecule has 20 heavy (non-hydrogen) atoms. The Bertz CT molecular complexity index is 525. The van der Waals surface area contributed by atoms with E-state index in [0.29, 0.717) is 18.0 Å². The highest BCUT2D eigenvalue weighted by atomic mass is 32.1. The minimum atomic E-state index is 0.291. The Hall–Kier alpha value is -0.870. The van der Waals surface area contributed by atoms with Gasteiger partial charge in [0.1, 0.15) is 0 Å². The molecule has 2 aliphatic heterocycles. The van der Waals surface area contributed by atoms with Crippen molar-refractivity contribution in [2.45, 2.75) is 57.0 Å². The fraction of sp³-hybridized carbons (Fsp3) is 0.688. The number of carbonyl (C=O) groups excluding carboxylic acids is 1. The molecule has 1 amide bonds. The molecule has 0 aromatic carbocycles. The predicted octanol–water partition coefficient (Wildman–Crippen LogP) is 2.59.